The first-order chi connectivity index (χ1) is 15.4. The summed E-state index contributed by atoms with van der Waals surface area (Å²) in [6, 6.07) is 4.17. The van der Waals surface area contributed by atoms with Crippen LogP contribution in [0.25, 0.3) is 5.65 Å². The van der Waals surface area contributed by atoms with Gasteiger partial charge in [-0.3, -0.25) is 9.48 Å². The van der Waals surface area contributed by atoms with Crippen LogP contribution in [0.5, 0.6) is 0 Å². The Morgan fingerprint density at radius 2 is 2.12 bits per heavy atom. The minimum atomic E-state index is -0.00523. The first-order valence-corrected chi connectivity index (χ1v) is 11.0. The van der Waals surface area contributed by atoms with Crippen molar-refractivity contribution in [2.24, 2.45) is 0 Å². The monoisotopic (exact) mass is 435 g/mol. The smallest absolute Gasteiger partial charge is 0.216 e. The van der Waals surface area contributed by atoms with Crippen LogP contribution >= 0.6 is 0 Å². The highest BCUT2D eigenvalue weighted by molar-refractivity contribution is 5.72. The average molecular weight is 436 g/mol. The first-order valence-electron chi connectivity index (χ1n) is 11.0. The minimum absolute atomic E-state index is 0.00523. The summed E-state index contributed by atoms with van der Waals surface area (Å²) in [6.45, 7) is 6.74. The maximum atomic E-state index is 11.1. The number of hydrogen-bond donors (Lipinski definition) is 3. The molecule has 4 N–H and O–H groups in total. The maximum absolute atomic E-state index is 11.1. The molecule has 1 fully saturated rings. The van der Waals surface area contributed by atoms with Crippen LogP contribution in [-0.2, 0) is 23.2 Å². The molecule has 1 aliphatic carbocycles. The minimum Gasteiger partial charge on any atom is -0.382 e. The van der Waals surface area contributed by atoms with Gasteiger partial charge in [-0.2, -0.15) is 20.0 Å². The van der Waals surface area contributed by atoms with Gasteiger partial charge in [0.25, 0.3) is 0 Å². The number of aryl methyl sites for hydroxylation is 2. The highest BCUT2D eigenvalue weighted by Crippen LogP contribution is 2.45. The number of nitrogens with zero attached hydrogens (tertiary/aromatic N) is 6. The van der Waals surface area contributed by atoms with Crippen molar-refractivity contribution in [3.05, 3.63) is 34.8 Å². The van der Waals surface area contributed by atoms with E-state index in [1.165, 1.54) is 6.92 Å². The summed E-state index contributed by atoms with van der Waals surface area (Å²) in [5.74, 6) is 0.761. The summed E-state index contributed by atoms with van der Waals surface area (Å²) in [7, 11) is 0. The van der Waals surface area contributed by atoms with E-state index in [0.29, 0.717) is 42.4 Å². The van der Waals surface area contributed by atoms with E-state index in [4.69, 9.17) is 10.8 Å². The zero-order valence-corrected chi connectivity index (χ0v) is 18.8. The van der Waals surface area contributed by atoms with Gasteiger partial charge in [-0.1, -0.05) is 6.92 Å². The molecule has 1 amide bonds. The van der Waals surface area contributed by atoms with Crippen LogP contribution in [0.3, 0.4) is 0 Å². The standard InChI is InChI=1S/C22H29N9O/c1-4-17-14(2)28-31-19(24)18(13-23)20(27-21(17)31)26-10-5-16-6-12-30(29-16)22(7-8-22)9-11-25-15(3)32/h6,12H,4-5,7-11,24H2,1-3H3,(H,25,32)(H,26,27). The van der Waals surface area contributed by atoms with Gasteiger partial charge < -0.3 is 16.4 Å². The molecule has 3 aromatic rings. The van der Waals surface area contributed by atoms with Gasteiger partial charge in [0.15, 0.2) is 5.65 Å². The third-order valence-electron chi connectivity index (χ3n) is 6.16. The van der Waals surface area contributed by atoms with Crippen LogP contribution in [0.2, 0.25) is 0 Å². The molecule has 1 aliphatic rings. The average Bonchev–Trinajstić information content (AvgIpc) is 3.24. The van der Waals surface area contributed by atoms with Crippen molar-refractivity contribution in [1.82, 2.24) is 29.7 Å². The second kappa shape index (κ2) is 8.49. The molecule has 0 bridgehead atoms. The molecule has 0 unspecified atom stereocenters. The van der Waals surface area contributed by atoms with Crippen molar-refractivity contribution >= 4 is 23.2 Å². The van der Waals surface area contributed by atoms with E-state index in [9.17, 15) is 10.1 Å². The fourth-order valence-corrected chi connectivity index (χ4v) is 4.15. The van der Waals surface area contributed by atoms with E-state index in [1.807, 2.05) is 30.8 Å². The summed E-state index contributed by atoms with van der Waals surface area (Å²) in [6.07, 6.45) is 6.52. The second-order valence-electron chi connectivity index (χ2n) is 8.37. The molecule has 32 heavy (non-hydrogen) atoms. The van der Waals surface area contributed by atoms with Crippen molar-refractivity contribution in [2.75, 3.05) is 24.1 Å². The van der Waals surface area contributed by atoms with Crippen LogP contribution in [-0.4, -0.2) is 43.4 Å². The molecule has 4 rings (SSSR count). The van der Waals surface area contributed by atoms with E-state index in [2.05, 4.69) is 26.8 Å². The van der Waals surface area contributed by atoms with E-state index >= 15 is 0 Å². The van der Waals surface area contributed by atoms with Crippen LogP contribution in [0, 0.1) is 18.3 Å². The van der Waals surface area contributed by atoms with Gasteiger partial charge in [-0.05, 0) is 38.7 Å². The Morgan fingerprint density at radius 1 is 1.34 bits per heavy atom. The summed E-state index contributed by atoms with van der Waals surface area (Å²) in [5.41, 5.74) is 10.1. The Hall–Kier alpha value is -3.61. The number of fused-ring (bicyclic) bond motifs is 1. The van der Waals surface area contributed by atoms with E-state index in [1.54, 1.807) is 4.52 Å². The van der Waals surface area contributed by atoms with Crippen LogP contribution < -0.4 is 16.4 Å². The zero-order valence-electron chi connectivity index (χ0n) is 18.8. The Bertz CT molecular complexity index is 1200. The van der Waals surface area contributed by atoms with Gasteiger partial charge in [0, 0.05) is 38.2 Å². The Kier molecular flexibility index (Phi) is 5.74. The lowest BCUT2D eigenvalue weighted by Gasteiger charge is -2.16. The molecule has 0 aromatic carbocycles. The molecule has 168 valence electrons. The lowest BCUT2D eigenvalue weighted by molar-refractivity contribution is -0.119. The predicted octanol–water partition coefficient (Wildman–Crippen LogP) is 1.92. The number of aromatic nitrogens is 5. The number of nitrogens with one attached hydrogen (secondary N) is 2. The number of anilines is 2. The van der Waals surface area contributed by atoms with E-state index < -0.39 is 0 Å². The molecular weight excluding hydrogens is 406 g/mol. The molecule has 10 nitrogen and oxygen atoms in total. The number of nitrogen functional groups attached to an aromatic ring is 1. The normalized spacial score (nSPS) is 14.3. The Balaban J connectivity index is 1.44. The lowest BCUT2D eigenvalue weighted by atomic mass is 10.2. The number of rotatable bonds is 9. The predicted molar refractivity (Wildman–Crippen MR) is 121 cm³/mol. The van der Waals surface area contributed by atoms with Crippen molar-refractivity contribution in [2.45, 2.75) is 58.4 Å². The molecule has 3 aromatic heterocycles. The van der Waals surface area contributed by atoms with E-state index in [-0.39, 0.29) is 11.4 Å². The number of amides is 1. The molecule has 1 saturated carbocycles. The SMILES string of the molecule is CCc1c(C)nn2c(N)c(C#N)c(NCCc3ccn(C4(CCNC(C)=O)CC4)n3)nc12. The maximum Gasteiger partial charge on any atom is 0.216 e. The summed E-state index contributed by atoms with van der Waals surface area (Å²) in [4.78, 5) is 15.8. The number of carbonyl (C=O) groups is 1. The number of carbonyl (C=O) groups excluding carboxylic acids is 1. The number of nitrogens with two attached hydrogens (primary N) is 1. The van der Waals surface area contributed by atoms with Gasteiger partial charge in [-0.25, -0.2) is 4.98 Å². The molecule has 0 aliphatic heterocycles. The Morgan fingerprint density at radius 3 is 2.78 bits per heavy atom. The van der Waals surface area contributed by atoms with Gasteiger partial charge >= 0.3 is 0 Å². The third kappa shape index (κ3) is 3.98. The molecule has 0 atom stereocenters. The quantitative estimate of drug-likeness (QED) is 0.466. The van der Waals surface area contributed by atoms with Gasteiger partial charge in [-0.15, -0.1) is 0 Å². The molecule has 10 heteroatoms. The van der Waals surface area contributed by atoms with Crippen LogP contribution in [0.15, 0.2) is 12.3 Å². The van der Waals surface area contributed by atoms with Crippen molar-refractivity contribution in [1.29, 1.82) is 5.26 Å². The number of hydrogen-bond acceptors (Lipinski definition) is 7. The fraction of sp³-hybridized carbons (Fsp3) is 0.500. The zero-order chi connectivity index (χ0) is 22.9. The summed E-state index contributed by atoms with van der Waals surface area (Å²) in [5, 5.41) is 24.9. The van der Waals surface area contributed by atoms with Gasteiger partial charge in [0.05, 0.1) is 16.9 Å². The van der Waals surface area contributed by atoms with Crippen LogP contribution in [0.1, 0.15) is 55.6 Å². The topological polar surface area (TPSA) is 139 Å². The first kappa shape index (κ1) is 21.6. The second-order valence-corrected chi connectivity index (χ2v) is 8.37. The Labute approximate surface area is 186 Å². The number of nitriles is 1. The third-order valence-corrected chi connectivity index (χ3v) is 6.16. The lowest BCUT2D eigenvalue weighted by Crippen LogP contribution is -2.28. The highest BCUT2D eigenvalue weighted by atomic mass is 16.1. The molecule has 0 spiro atoms. The largest absolute Gasteiger partial charge is 0.382 e. The highest BCUT2D eigenvalue weighted by Gasteiger charge is 2.44. The van der Waals surface area contributed by atoms with Crippen LogP contribution in [0.4, 0.5) is 11.6 Å². The molecule has 0 radical (unpaired) electrons. The molecule has 3 heterocycles. The van der Waals surface area contributed by atoms with E-state index in [0.717, 1.165) is 42.6 Å². The fourth-order valence-electron chi connectivity index (χ4n) is 4.15. The summed E-state index contributed by atoms with van der Waals surface area (Å²) < 4.78 is 3.59. The van der Waals surface area contributed by atoms with Gasteiger partial charge in [0.1, 0.15) is 23.3 Å². The van der Waals surface area contributed by atoms with Crippen molar-refractivity contribution in [3.8, 4) is 6.07 Å². The van der Waals surface area contributed by atoms with Crippen molar-refractivity contribution in [3.63, 3.8) is 0 Å². The van der Waals surface area contributed by atoms with Gasteiger partial charge in [0.2, 0.25) is 5.91 Å². The summed E-state index contributed by atoms with van der Waals surface area (Å²) >= 11 is 0. The molecular formula is C22H29N9O. The molecule has 0 saturated heterocycles. The van der Waals surface area contributed by atoms with Crippen molar-refractivity contribution < 1.29 is 4.79 Å².